The molecule has 0 radical (unpaired) electrons. The highest BCUT2D eigenvalue weighted by molar-refractivity contribution is 7.80. The van der Waals surface area contributed by atoms with Gasteiger partial charge in [-0.1, -0.05) is 0 Å². The van der Waals surface area contributed by atoms with Crippen molar-refractivity contribution in [3.63, 3.8) is 0 Å². The summed E-state index contributed by atoms with van der Waals surface area (Å²) in [6.07, 6.45) is 1.99. The fraction of sp³-hybridized carbons (Fsp3) is 0.909. The molecular formula is C11H21NO2S. The Hall–Kier alpha value is -0.220. The number of hydrogen-bond donors (Lipinski definition) is 2. The number of likely N-dealkylation sites (tertiary alicyclic amines) is 1. The van der Waals surface area contributed by atoms with Crippen LogP contribution in [0.4, 0.5) is 0 Å². The second kappa shape index (κ2) is 5.75. The highest BCUT2D eigenvalue weighted by atomic mass is 32.1. The summed E-state index contributed by atoms with van der Waals surface area (Å²) in [6.45, 7) is 6.43. The first-order valence-corrected chi connectivity index (χ1v) is 6.27. The van der Waals surface area contributed by atoms with Crippen molar-refractivity contribution in [2.45, 2.75) is 32.7 Å². The van der Waals surface area contributed by atoms with Crippen LogP contribution in [0.1, 0.15) is 26.7 Å². The lowest BCUT2D eigenvalue weighted by molar-refractivity contribution is -0.143. The summed E-state index contributed by atoms with van der Waals surface area (Å²) in [5.74, 6) is -0.174. The average Bonchev–Trinajstić information content (AvgIpc) is 2.19. The van der Waals surface area contributed by atoms with E-state index in [2.05, 4.69) is 31.4 Å². The molecule has 1 N–H and O–H groups in total. The molecule has 0 spiro atoms. The van der Waals surface area contributed by atoms with Crippen molar-refractivity contribution in [3.8, 4) is 0 Å². The topological polar surface area (TPSA) is 40.5 Å². The van der Waals surface area contributed by atoms with Crippen LogP contribution in [0.3, 0.4) is 0 Å². The molecule has 88 valence electrons. The lowest BCUT2D eigenvalue weighted by atomic mass is 9.85. The van der Waals surface area contributed by atoms with Gasteiger partial charge in [0.25, 0.3) is 0 Å². The summed E-state index contributed by atoms with van der Waals surface area (Å²) in [7, 11) is 0. The van der Waals surface area contributed by atoms with Gasteiger partial charge in [-0.25, -0.2) is 0 Å². The summed E-state index contributed by atoms with van der Waals surface area (Å²) >= 11 is 4.13. The Labute approximate surface area is 97.3 Å². The average molecular weight is 231 g/mol. The number of carboxylic acids is 1. The first-order chi connectivity index (χ1) is 7.06. The lowest BCUT2D eigenvalue weighted by Gasteiger charge is -2.36. The standard InChI is InChI=1S/C11H21NO2S/c1-8(2)12-5-3-9(4-6-12)10(7-15)11(13)14/h8-10,15H,3-7H2,1-2H3,(H,13,14). The van der Waals surface area contributed by atoms with Crippen molar-refractivity contribution in [3.05, 3.63) is 0 Å². The van der Waals surface area contributed by atoms with Crippen molar-refractivity contribution in [2.24, 2.45) is 11.8 Å². The third-order valence-corrected chi connectivity index (χ3v) is 3.78. The molecule has 1 aliphatic heterocycles. The molecule has 0 aromatic rings. The van der Waals surface area contributed by atoms with E-state index >= 15 is 0 Å². The minimum Gasteiger partial charge on any atom is -0.481 e. The molecule has 0 aromatic heterocycles. The zero-order chi connectivity index (χ0) is 11.4. The van der Waals surface area contributed by atoms with E-state index in [1.165, 1.54) is 0 Å². The van der Waals surface area contributed by atoms with E-state index in [0.717, 1.165) is 25.9 Å². The van der Waals surface area contributed by atoms with Gasteiger partial charge in [0.1, 0.15) is 0 Å². The maximum Gasteiger partial charge on any atom is 0.307 e. The first kappa shape index (κ1) is 12.8. The first-order valence-electron chi connectivity index (χ1n) is 5.64. The quantitative estimate of drug-likeness (QED) is 0.724. The normalized spacial score (nSPS) is 21.9. The van der Waals surface area contributed by atoms with Crippen molar-refractivity contribution in [1.29, 1.82) is 0 Å². The van der Waals surface area contributed by atoms with Gasteiger partial charge in [0.15, 0.2) is 0 Å². The molecule has 1 aliphatic rings. The van der Waals surface area contributed by atoms with Crippen LogP contribution in [0.25, 0.3) is 0 Å². The van der Waals surface area contributed by atoms with Gasteiger partial charge >= 0.3 is 5.97 Å². The van der Waals surface area contributed by atoms with E-state index < -0.39 is 5.97 Å². The van der Waals surface area contributed by atoms with E-state index in [4.69, 9.17) is 5.11 Å². The molecule has 3 nitrogen and oxygen atoms in total. The minimum atomic E-state index is -0.687. The van der Waals surface area contributed by atoms with Crippen molar-refractivity contribution < 1.29 is 9.90 Å². The zero-order valence-corrected chi connectivity index (χ0v) is 10.4. The molecule has 1 saturated heterocycles. The Bertz CT molecular complexity index is 213. The molecule has 1 heterocycles. The van der Waals surface area contributed by atoms with Gasteiger partial charge in [0, 0.05) is 11.8 Å². The zero-order valence-electron chi connectivity index (χ0n) is 9.52. The van der Waals surface area contributed by atoms with Crippen LogP contribution in [0.15, 0.2) is 0 Å². The van der Waals surface area contributed by atoms with E-state index in [9.17, 15) is 4.79 Å². The lowest BCUT2D eigenvalue weighted by Crippen LogP contribution is -2.41. The number of aliphatic carboxylic acids is 1. The third kappa shape index (κ3) is 3.38. The van der Waals surface area contributed by atoms with Crippen LogP contribution in [0.5, 0.6) is 0 Å². The van der Waals surface area contributed by atoms with Gasteiger partial charge in [0.05, 0.1) is 5.92 Å². The highest BCUT2D eigenvalue weighted by Crippen LogP contribution is 2.27. The number of piperidine rings is 1. The molecule has 15 heavy (non-hydrogen) atoms. The molecule has 0 saturated carbocycles. The number of rotatable bonds is 4. The summed E-state index contributed by atoms with van der Waals surface area (Å²) in [5, 5.41) is 9.04. The maximum absolute atomic E-state index is 11.0. The van der Waals surface area contributed by atoms with Crippen LogP contribution in [0, 0.1) is 11.8 Å². The van der Waals surface area contributed by atoms with Gasteiger partial charge in [0.2, 0.25) is 0 Å². The monoisotopic (exact) mass is 231 g/mol. The largest absolute Gasteiger partial charge is 0.481 e. The SMILES string of the molecule is CC(C)N1CCC(C(CS)C(=O)O)CC1. The van der Waals surface area contributed by atoms with Crippen LogP contribution in [-0.2, 0) is 4.79 Å². The predicted octanol–water partition coefficient (Wildman–Crippen LogP) is 1.74. The van der Waals surface area contributed by atoms with Crippen molar-refractivity contribution >= 4 is 18.6 Å². The summed E-state index contributed by atoms with van der Waals surface area (Å²) in [6, 6.07) is 0.574. The summed E-state index contributed by atoms with van der Waals surface area (Å²) in [5.41, 5.74) is 0. The van der Waals surface area contributed by atoms with Gasteiger partial charge in [-0.15, -0.1) is 0 Å². The number of carbonyl (C=O) groups is 1. The van der Waals surface area contributed by atoms with Crippen LogP contribution >= 0.6 is 12.6 Å². The number of nitrogens with zero attached hydrogens (tertiary/aromatic N) is 1. The fourth-order valence-electron chi connectivity index (χ4n) is 2.27. The fourth-order valence-corrected chi connectivity index (χ4v) is 2.72. The van der Waals surface area contributed by atoms with E-state index in [1.807, 2.05) is 0 Å². The summed E-state index contributed by atoms with van der Waals surface area (Å²) < 4.78 is 0. The Morgan fingerprint density at radius 2 is 2.00 bits per heavy atom. The molecule has 1 fully saturated rings. The minimum absolute atomic E-state index is 0.261. The second-order valence-corrected chi connectivity index (χ2v) is 4.96. The highest BCUT2D eigenvalue weighted by Gasteiger charge is 2.30. The molecule has 1 rings (SSSR count). The van der Waals surface area contributed by atoms with Crippen molar-refractivity contribution in [2.75, 3.05) is 18.8 Å². The third-order valence-electron chi connectivity index (χ3n) is 3.39. The van der Waals surface area contributed by atoms with Crippen molar-refractivity contribution in [1.82, 2.24) is 4.90 Å². The predicted molar refractivity (Wildman–Crippen MR) is 64.4 cm³/mol. The van der Waals surface area contributed by atoms with Crippen LogP contribution in [0.2, 0.25) is 0 Å². The van der Waals surface area contributed by atoms with E-state index in [-0.39, 0.29) is 5.92 Å². The maximum atomic E-state index is 11.0. The smallest absolute Gasteiger partial charge is 0.307 e. The van der Waals surface area contributed by atoms with Gasteiger partial charge in [-0.3, -0.25) is 4.79 Å². The number of hydrogen-bond acceptors (Lipinski definition) is 3. The molecule has 0 amide bonds. The molecule has 0 bridgehead atoms. The Morgan fingerprint density at radius 3 is 2.33 bits per heavy atom. The van der Waals surface area contributed by atoms with Crippen LogP contribution < -0.4 is 0 Å². The number of thiol groups is 1. The van der Waals surface area contributed by atoms with E-state index in [0.29, 0.717) is 17.7 Å². The second-order valence-electron chi connectivity index (χ2n) is 4.59. The molecule has 0 aliphatic carbocycles. The summed E-state index contributed by atoms with van der Waals surface area (Å²) in [4.78, 5) is 13.4. The molecule has 1 atom stereocenters. The molecule has 1 unspecified atom stereocenters. The Morgan fingerprint density at radius 1 is 1.47 bits per heavy atom. The van der Waals surface area contributed by atoms with E-state index in [1.54, 1.807) is 0 Å². The van der Waals surface area contributed by atoms with Gasteiger partial charge in [-0.2, -0.15) is 12.6 Å². The Balaban J connectivity index is 2.45. The van der Waals surface area contributed by atoms with Gasteiger partial charge < -0.3 is 10.0 Å². The van der Waals surface area contributed by atoms with Gasteiger partial charge in [-0.05, 0) is 45.7 Å². The Kier molecular flexibility index (Phi) is 4.93. The molecule has 0 aromatic carbocycles. The number of carboxylic acid groups (broad SMARTS) is 1. The molecular weight excluding hydrogens is 210 g/mol. The molecule has 4 heteroatoms. The van der Waals surface area contributed by atoms with Crippen LogP contribution in [-0.4, -0.2) is 40.9 Å².